The molecule has 0 spiro atoms. The summed E-state index contributed by atoms with van der Waals surface area (Å²) in [5, 5.41) is 39.9. The number of aryl methyl sites for hydroxylation is 1. The number of ether oxygens (including phenoxy) is 4. The Morgan fingerprint density at radius 2 is 1.36 bits per heavy atom. The molecule has 6 aromatic rings. The highest BCUT2D eigenvalue weighted by Crippen LogP contribution is 2.68. The van der Waals surface area contributed by atoms with Gasteiger partial charge in [0.15, 0.2) is 47.6 Å². The van der Waals surface area contributed by atoms with Gasteiger partial charge in [-0.15, -0.1) is 5.10 Å². The number of aromatic nitrogens is 13. The zero-order chi connectivity index (χ0) is 54.3. The summed E-state index contributed by atoms with van der Waals surface area (Å²) in [5.74, 6) is -0.835. The molecule has 4 unspecified atom stereocenters. The Hall–Kier alpha value is -5.25. The highest BCUT2D eigenvalue weighted by Gasteiger charge is 2.54. The van der Waals surface area contributed by atoms with Gasteiger partial charge < -0.3 is 71.0 Å². The molecule has 9 rings (SSSR count). The molecular weight excluding hydrogens is 1110 g/mol. The van der Waals surface area contributed by atoms with Crippen molar-refractivity contribution in [2.75, 3.05) is 44.1 Å². The minimum atomic E-state index is -6.23. The van der Waals surface area contributed by atoms with Gasteiger partial charge in [-0.3, -0.25) is 46.8 Å². The van der Waals surface area contributed by atoms with Crippen molar-refractivity contribution in [1.82, 2.24) is 59.0 Å². The highest BCUT2D eigenvalue weighted by atomic mass is 31.3. The van der Waals surface area contributed by atoms with Crippen LogP contribution in [0.1, 0.15) is 18.7 Å². The number of imidazole rings is 2. The van der Waals surface area contributed by atoms with Crippen molar-refractivity contribution >= 4 is 82.5 Å². The first-order valence-electron chi connectivity index (χ1n) is 21.0. The number of nitrogen functional groups attached to an aromatic ring is 3. The zero-order valence-corrected chi connectivity index (χ0v) is 41.3. The molecule has 0 amide bonds. The van der Waals surface area contributed by atoms with Gasteiger partial charge in [-0.1, -0.05) is 10.2 Å². The maximum atomic E-state index is 16.5. The van der Waals surface area contributed by atoms with Gasteiger partial charge >= 0.3 is 36.9 Å². The predicted octanol–water partition coefficient (Wildman–Crippen LogP) is -4.34. The molecule has 9 heterocycles. The molecule has 3 saturated heterocycles. The normalized spacial score (nSPS) is 30.5. The maximum Gasteiger partial charge on any atom is 0.490 e. The molecule has 0 aliphatic carbocycles. The van der Waals surface area contributed by atoms with Crippen molar-refractivity contribution in [1.29, 1.82) is 0 Å². The van der Waals surface area contributed by atoms with Crippen LogP contribution in [0, 0.1) is 0 Å². The Labute approximate surface area is 413 Å². The van der Waals surface area contributed by atoms with E-state index in [9.17, 15) is 62.7 Å². The molecule has 410 valence electrons. The second kappa shape index (κ2) is 20.3. The van der Waals surface area contributed by atoms with Crippen molar-refractivity contribution in [2.24, 2.45) is 7.05 Å². The SMILES string of the molecule is CO[C@@H]1[C@H](O)[C@@H]([n+]2cn(C)c3c(=O)[nH]c(N)nc32)O[C@H]1COP(=O)(O)OP(=O)(O)OP(=O)(O)OC[C@H]1O[C@@H](n2cnc3c(N)ncnc32)[C@H](F)[C@@H]1OP(=O)(O)OC[C@H]1O[C@@H](n2nnc3c(=O)[nH]c(N)nc32)[C@H](O)[C@@H]1O. The number of phosphoric acid groups is 4. The van der Waals surface area contributed by atoms with Crippen LogP contribution in [0.15, 0.2) is 28.6 Å². The van der Waals surface area contributed by atoms with Crippen LogP contribution in [0.4, 0.5) is 22.1 Å². The first-order valence-corrected chi connectivity index (χ1v) is 27.0. The van der Waals surface area contributed by atoms with E-state index in [1.54, 1.807) is 0 Å². The molecule has 0 radical (unpaired) electrons. The number of H-pyrrole nitrogens is 2. The number of halogens is 1. The number of hydrogen-bond donors (Lipinski definition) is 12. The Morgan fingerprint density at radius 1 is 0.747 bits per heavy atom. The summed E-state index contributed by atoms with van der Waals surface area (Å²) < 4.78 is 123. The third-order valence-corrected chi connectivity index (χ3v) is 16.6. The Balaban J connectivity index is 0.855. The van der Waals surface area contributed by atoms with Gasteiger partial charge in [-0.25, -0.2) is 42.2 Å². The van der Waals surface area contributed by atoms with Crippen LogP contribution in [0.25, 0.3) is 33.5 Å². The van der Waals surface area contributed by atoms with Gasteiger partial charge in [-0.2, -0.15) is 18.3 Å². The van der Waals surface area contributed by atoms with E-state index >= 15 is 4.39 Å². The number of nitrogens with one attached hydrogen (secondary N) is 2. The molecule has 0 aromatic carbocycles. The number of nitrogens with zero attached hydrogens (tertiary/aromatic N) is 11. The fourth-order valence-electron chi connectivity index (χ4n) is 8.17. The lowest BCUT2D eigenvalue weighted by Gasteiger charge is -2.24. The molecule has 44 heteroatoms. The number of phosphoric ester groups is 3. The molecule has 0 bridgehead atoms. The summed E-state index contributed by atoms with van der Waals surface area (Å²) in [6.45, 7) is -3.56. The van der Waals surface area contributed by atoms with Crippen LogP contribution in [0.3, 0.4) is 0 Å². The molecule has 15 N–H and O–H groups in total. The number of methoxy groups -OCH3 is 1. The van der Waals surface area contributed by atoms with Crippen LogP contribution in [0.2, 0.25) is 0 Å². The van der Waals surface area contributed by atoms with E-state index in [2.05, 4.69) is 53.8 Å². The van der Waals surface area contributed by atoms with E-state index in [-0.39, 0.29) is 51.2 Å². The standard InChI is InChI=1S/C31H41FN16O23P4/c1-45-8-47(24-15(45)26(53)42-31(35)40-24)28-18(51)20(62-2)11(68-28)5-65-74(58,59)71-75(60,61)70-73(56,57)64-4-10-19(12(32)27(67-10)46-7-38-13-21(33)36-6-37-22(13)46)69-72(54,55)63-3-9-16(49)17(50)29(66-9)48-23-14(43-44-48)25(52)41-30(34)39-23/h6-12,16-20,27-29,49-51H,3-5H2,1-2H3,(H11-,33,34,35,36,37,39,40,41,42,44,52,53,54,55,56,57,58,59,60,61)/p+1/t9-,10-,11+,12-,16-,17-,18+,19-,20+,27-,28+,29-/m1/s1. The molecule has 0 saturated carbocycles. The quantitative estimate of drug-likeness (QED) is 0.0269. The molecular formula is C31H42FN16O23P4+. The fraction of sp³-hybridized carbons (Fsp3) is 0.548. The van der Waals surface area contributed by atoms with E-state index in [4.69, 9.17) is 54.2 Å². The number of fused-ring (bicyclic) bond motifs is 3. The van der Waals surface area contributed by atoms with E-state index in [1.165, 1.54) is 22.5 Å². The Bertz CT molecular complexity index is 3470. The van der Waals surface area contributed by atoms with E-state index in [1.807, 2.05) is 0 Å². The van der Waals surface area contributed by atoms with Crippen molar-refractivity contribution in [3.8, 4) is 0 Å². The molecule has 3 fully saturated rings. The van der Waals surface area contributed by atoms with Gasteiger partial charge in [0.25, 0.3) is 17.1 Å². The van der Waals surface area contributed by atoms with E-state index in [0.29, 0.717) is 0 Å². The number of nitrogens with two attached hydrogens (primary N) is 3. The van der Waals surface area contributed by atoms with E-state index < -0.39 is 136 Å². The second-order valence-electron chi connectivity index (χ2n) is 16.3. The third-order valence-electron chi connectivity index (χ3n) is 11.4. The molecule has 6 aromatic heterocycles. The average Bonchev–Trinajstić information content (AvgIpc) is 4.16. The number of aliphatic hydroxyl groups is 3. The van der Waals surface area contributed by atoms with Gasteiger partial charge in [0.1, 0.15) is 60.7 Å². The van der Waals surface area contributed by atoms with Crippen molar-refractivity contribution in [2.45, 2.75) is 73.7 Å². The molecule has 39 nitrogen and oxygen atoms in total. The summed E-state index contributed by atoms with van der Waals surface area (Å²) in [4.78, 5) is 91.0. The van der Waals surface area contributed by atoms with Crippen LogP contribution in [-0.4, -0.2) is 176 Å². The monoisotopic (exact) mass is 1150 g/mol. The first-order chi connectivity index (χ1) is 35.2. The highest BCUT2D eigenvalue weighted by molar-refractivity contribution is 7.66. The minimum Gasteiger partial charge on any atom is -0.387 e. The van der Waals surface area contributed by atoms with E-state index in [0.717, 1.165) is 29.0 Å². The largest absolute Gasteiger partial charge is 0.490 e. The molecule has 16 atom stereocenters. The molecule has 3 aliphatic heterocycles. The Kier molecular flexibility index (Phi) is 14.7. The number of rotatable bonds is 19. The number of hydrogen-bond acceptors (Lipinski definition) is 29. The number of aromatic amines is 2. The lowest BCUT2D eigenvalue weighted by Crippen LogP contribution is -2.46. The lowest BCUT2D eigenvalue weighted by atomic mass is 10.1. The average molecular weight is 1150 g/mol. The van der Waals surface area contributed by atoms with Gasteiger partial charge in [0.05, 0.1) is 33.2 Å². The summed E-state index contributed by atoms with van der Waals surface area (Å²) in [5.41, 5.74) is 14.8. The Morgan fingerprint density at radius 3 is 2.04 bits per heavy atom. The summed E-state index contributed by atoms with van der Waals surface area (Å²) in [7, 11) is -21.1. The topological polar surface area (TPSA) is 555 Å². The van der Waals surface area contributed by atoms with Crippen LogP contribution in [-0.2, 0) is 71.0 Å². The lowest BCUT2D eigenvalue weighted by molar-refractivity contribution is -0.745. The second-order valence-corrected chi connectivity index (χ2v) is 22.3. The minimum absolute atomic E-state index is 0.00856. The fourth-order valence-corrected chi connectivity index (χ4v) is 12.6. The predicted molar refractivity (Wildman–Crippen MR) is 236 cm³/mol. The summed E-state index contributed by atoms with van der Waals surface area (Å²) in [6.07, 6.45) is -18.6. The van der Waals surface area contributed by atoms with Crippen LogP contribution >= 0.6 is 31.3 Å². The molecule has 3 aliphatic rings. The third kappa shape index (κ3) is 10.9. The zero-order valence-electron chi connectivity index (χ0n) is 37.8. The van der Waals surface area contributed by atoms with Gasteiger partial charge in [-0.05, 0) is 0 Å². The van der Waals surface area contributed by atoms with Crippen LogP contribution < -0.4 is 32.9 Å². The van der Waals surface area contributed by atoms with Crippen molar-refractivity contribution < 1.29 is 108 Å². The maximum absolute atomic E-state index is 16.5. The van der Waals surface area contributed by atoms with Crippen molar-refractivity contribution in [3.05, 3.63) is 39.7 Å². The molecule has 75 heavy (non-hydrogen) atoms. The summed E-state index contributed by atoms with van der Waals surface area (Å²) >= 11 is 0. The summed E-state index contributed by atoms with van der Waals surface area (Å²) in [6, 6.07) is 0. The van der Waals surface area contributed by atoms with Crippen molar-refractivity contribution in [3.63, 3.8) is 0 Å². The first kappa shape index (κ1) is 54.5. The van der Waals surface area contributed by atoms with Crippen LogP contribution in [0.5, 0.6) is 0 Å². The van der Waals surface area contributed by atoms with Gasteiger partial charge in [0.2, 0.25) is 17.7 Å². The smallest absolute Gasteiger partial charge is 0.387 e. The van der Waals surface area contributed by atoms with Gasteiger partial charge in [0, 0.05) is 7.11 Å². The number of anilines is 3. The number of aliphatic hydroxyl groups excluding tert-OH is 3. The number of alkyl halides is 1.